The van der Waals surface area contributed by atoms with Gasteiger partial charge >= 0.3 is 0 Å². The Bertz CT molecular complexity index is 1600. The van der Waals surface area contributed by atoms with Crippen LogP contribution in [0.2, 0.25) is 0 Å². The summed E-state index contributed by atoms with van der Waals surface area (Å²) in [5.74, 6) is 0. The molecule has 0 spiro atoms. The maximum Gasteiger partial charge on any atom is 0.0991 e. The van der Waals surface area contributed by atoms with E-state index in [1.54, 1.807) is 0 Å². The Kier molecular flexibility index (Phi) is 4.38. The van der Waals surface area contributed by atoms with E-state index in [4.69, 9.17) is 10.5 Å². The summed E-state index contributed by atoms with van der Waals surface area (Å²) in [5, 5.41) is 22.2. The number of nitrogens with zero attached hydrogens (tertiary/aromatic N) is 2. The maximum absolute atomic E-state index is 9.12. The van der Waals surface area contributed by atoms with Gasteiger partial charge in [0.05, 0.1) is 23.3 Å². The molecular weight excluding hydrogens is 449 g/mol. The van der Waals surface area contributed by atoms with Gasteiger partial charge in [0.15, 0.2) is 0 Å². The minimum atomic E-state index is 0.679. The molecule has 5 heteroatoms. The van der Waals surface area contributed by atoms with E-state index < -0.39 is 0 Å². The topological polar surface area (TPSA) is 47.6 Å². The first-order valence-electron chi connectivity index (χ1n) is 10.0. The molecule has 0 atom stereocenters. The minimum absolute atomic E-state index is 0.679. The van der Waals surface area contributed by atoms with E-state index in [0.717, 1.165) is 11.1 Å². The smallest absolute Gasteiger partial charge is 0.0991 e. The second-order valence-electron chi connectivity index (χ2n) is 7.69. The summed E-state index contributed by atoms with van der Waals surface area (Å²) in [6, 6.07) is 27.0. The average Bonchev–Trinajstić information content (AvgIpc) is 3.55. The molecular formula is C27H14N2S3. The van der Waals surface area contributed by atoms with Gasteiger partial charge in [-0.15, -0.1) is 34.0 Å². The van der Waals surface area contributed by atoms with Gasteiger partial charge in [-0.1, -0.05) is 24.3 Å². The Balaban J connectivity index is 1.62. The van der Waals surface area contributed by atoms with Crippen molar-refractivity contribution in [2.45, 2.75) is 6.92 Å². The van der Waals surface area contributed by atoms with Gasteiger partial charge < -0.3 is 0 Å². The molecule has 0 N–H and O–H groups in total. The van der Waals surface area contributed by atoms with Crippen LogP contribution in [0, 0.1) is 29.6 Å². The summed E-state index contributed by atoms with van der Waals surface area (Å²) in [5.41, 5.74) is 3.64. The molecule has 0 fully saturated rings. The third-order valence-electron chi connectivity index (χ3n) is 5.65. The summed E-state index contributed by atoms with van der Waals surface area (Å²) < 4.78 is 3.98. The highest BCUT2D eigenvalue weighted by molar-refractivity contribution is 7.29. The molecule has 0 aliphatic rings. The van der Waals surface area contributed by atoms with E-state index in [9.17, 15) is 0 Å². The molecule has 6 rings (SSSR count). The van der Waals surface area contributed by atoms with Crippen molar-refractivity contribution in [3.63, 3.8) is 0 Å². The van der Waals surface area contributed by atoms with Crippen molar-refractivity contribution in [3.8, 4) is 33.0 Å². The zero-order valence-corrected chi connectivity index (χ0v) is 19.4. The fourth-order valence-electron chi connectivity index (χ4n) is 4.11. The number of rotatable bonds is 2. The standard InChI is InChI=1S/C27H14N2S3/c1-15-10-20-25(30-15)21-11-23(18-6-2-16(13-28)3-7-18)32-27(21)22-12-24(31-26(20)22)19-8-4-17(14-29)5-9-19/h2-12H,1H3. The first-order chi connectivity index (χ1) is 15.6. The first kappa shape index (κ1) is 19.2. The fourth-order valence-corrected chi connectivity index (χ4v) is 7.72. The maximum atomic E-state index is 9.12. The third kappa shape index (κ3) is 2.95. The molecule has 150 valence electrons. The number of fused-ring (bicyclic) bond motifs is 6. The lowest BCUT2D eigenvalue weighted by atomic mass is 10.1. The predicted molar refractivity (Wildman–Crippen MR) is 138 cm³/mol. The van der Waals surface area contributed by atoms with Crippen molar-refractivity contribution >= 4 is 64.3 Å². The van der Waals surface area contributed by atoms with Gasteiger partial charge in [0.1, 0.15) is 0 Å². The van der Waals surface area contributed by atoms with Crippen molar-refractivity contribution < 1.29 is 0 Å². The number of benzene rings is 3. The number of aryl methyl sites for hydroxylation is 1. The van der Waals surface area contributed by atoms with Gasteiger partial charge in [-0.3, -0.25) is 0 Å². The minimum Gasteiger partial charge on any atom is -0.192 e. The predicted octanol–water partition coefficient (Wildman–Crippen LogP) is 8.72. The lowest BCUT2D eigenvalue weighted by Gasteiger charge is -1.96. The monoisotopic (exact) mass is 462 g/mol. The molecule has 0 radical (unpaired) electrons. The Labute approximate surface area is 196 Å². The van der Waals surface area contributed by atoms with Crippen LogP contribution in [0.25, 0.3) is 51.1 Å². The molecule has 0 saturated carbocycles. The highest BCUT2D eigenvalue weighted by Gasteiger charge is 2.18. The normalized spacial score (nSPS) is 11.2. The molecule has 0 aliphatic carbocycles. The van der Waals surface area contributed by atoms with Crippen molar-refractivity contribution in [1.82, 2.24) is 0 Å². The lowest BCUT2D eigenvalue weighted by Crippen LogP contribution is -1.74. The van der Waals surface area contributed by atoms with Crippen LogP contribution >= 0.6 is 34.0 Å². The second kappa shape index (κ2) is 7.29. The molecule has 0 saturated heterocycles. The van der Waals surface area contributed by atoms with Crippen LogP contribution < -0.4 is 0 Å². The zero-order valence-electron chi connectivity index (χ0n) is 17.0. The van der Waals surface area contributed by atoms with Crippen LogP contribution in [-0.4, -0.2) is 0 Å². The van der Waals surface area contributed by atoms with Gasteiger partial charge in [0.2, 0.25) is 0 Å². The molecule has 3 aromatic heterocycles. The van der Waals surface area contributed by atoms with E-state index in [0.29, 0.717) is 11.1 Å². The number of nitriles is 2. The van der Waals surface area contributed by atoms with Crippen LogP contribution in [0.15, 0.2) is 66.7 Å². The van der Waals surface area contributed by atoms with Gasteiger partial charge in [-0.2, -0.15) is 10.5 Å². The van der Waals surface area contributed by atoms with Crippen LogP contribution in [-0.2, 0) is 0 Å². The summed E-state index contributed by atoms with van der Waals surface area (Å²) >= 11 is 5.50. The fraction of sp³-hybridized carbons (Fsp3) is 0.0370. The van der Waals surface area contributed by atoms with E-state index in [1.807, 2.05) is 82.5 Å². The first-order valence-corrected chi connectivity index (χ1v) is 12.5. The van der Waals surface area contributed by atoms with E-state index in [2.05, 4.69) is 37.3 Å². The van der Waals surface area contributed by atoms with E-state index >= 15 is 0 Å². The lowest BCUT2D eigenvalue weighted by molar-refractivity contribution is 1.49. The average molecular weight is 463 g/mol. The van der Waals surface area contributed by atoms with Crippen molar-refractivity contribution in [3.05, 3.63) is 82.7 Å². The van der Waals surface area contributed by atoms with Crippen LogP contribution in [0.1, 0.15) is 16.0 Å². The summed E-state index contributed by atoms with van der Waals surface area (Å²) in [7, 11) is 0. The SMILES string of the molecule is Cc1cc2c(s1)c1cc(-c3ccc(C#N)cc3)sc1c1cc(-c3ccc(C#N)cc3)sc21. The molecule has 2 nitrogen and oxygen atoms in total. The van der Waals surface area contributed by atoms with Crippen molar-refractivity contribution in [1.29, 1.82) is 10.5 Å². The van der Waals surface area contributed by atoms with Crippen LogP contribution in [0.5, 0.6) is 0 Å². The third-order valence-corrected chi connectivity index (χ3v) is 9.17. The molecule has 3 heterocycles. The molecule has 6 aromatic rings. The number of hydrogen-bond acceptors (Lipinski definition) is 5. The van der Waals surface area contributed by atoms with E-state index in [-0.39, 0.29) is 0 Å². The number of hydrogen-bond donors (Lipinski definition) is 0. The zero-order chi connectivity index (χ0) is 21.8. The highest BCUT2D eigenvalue weighted by atomic mass is 32.1. The van der Waals surface area contributed by atoms with Crippen LogP contribution in [0.3, 0.4) is 0 Å². The summed E-state index contributed by atoms with van der Waals surface area (Å²) in [6.07, 6.45) is 0. The Morgan fingerprint density at radius 3 is 1.41 bits per heavy atom. The quantitative estimate of drug-likeness (QED) is 0.258. The molecule has 0 bridgehead atoms. The van der Waals surface area contributed by atoms with Gasteiger partial charge in [0, 0.05) is 44.9 Å². The molecule has 3 aromatic carbocycles. The number of thiophene rings is 3. The molecule has 32 heavy (non-hydrogen) atoms. The molecule has 0 unspecified atom stereocenters. The van der Waals surface area contributed by atoms with Crippen molar-refractivity contribution in [2.75, 3.05) is 0 Å². The van der Waals surface area contributed by atoms with E-state index in [1.165, 1.54) is 44.9 Å². The van der Waals surface area contributed by atoms with Gasteiger partial charge in [0.25, 0.3) is 0 Å². The molecule has 0 amide bonds. The molecule has 0 aliphatic heterocycles. The van der Waals surface area contributed by atoms with Gasteiger partial charge in [-0.25, -0.2) is 0 Å². The Morgan fingerprint density at radius 2 is 0.969 bits per heavy atom. The Morgan fingerprint density at radius 1 is 0.562 bits per heavy atom. The van der Waals surface area contributed by atoms with Crippen LogP contribution in [0.4, 0.5) is 0 Å². The largest absolute Gasteiger partial charge is 0.192 e. The highest BCUT2D eigenvalue weighted by Crippen LogP contribution is 2.49. The summed E-state index contributed by atoms with van der Waals surface area (Å²) in [6.45, 7) is 2.17. The Hall–Kier alpha value is -3.48. The summed E-state index contributed by atoms with van der Waals surface area (Å²) in [4.78, 5) is 3.75. The second-order valence-corrected chi connectivity index (χ2v) is 11.0. The van der Waals surface area contributed by atoms with Crippen molar-refractivity contribution in [2.24, 2.45) is 0 Å². The van der Waals surface area contributed by atoms with Gasteiger partial charge in [-0.05, 0) is 60.5 Å².